The Balaban J connectivity index is 4.53. The Morgan fingerprint density at radius 3 is 2.14 bits per heavy atom. The molecule has 0 radical (unpaired) electrons. The zero-order chi connectivity index (χ0) is 11.6. The molecule has 0 rings (SSSR count). The zero-order valence-electron chi connectivity index (χ0n) is 9.72. The summed E-state index contributed by atoms with van der Waals surface area (Å²) >= 11 is 0. The molecular formula is C10H22N2O2. The van der Waals surface area contributed by atoms with E-state index in [0.29, 0.717) is 0 Å². The molecule has 0 spiro atoms. The molecule has 0 saturated heterocycles. The summed E-state index contributed by atoms with van der Waals surface area (Å²) in [6, 6.07) is -0.232. The van der Waals surface area contributed by atoms with Gasteiger partial charge in [-0.15, -0.1) is 0 Å². The summed E-state index contributed by atoms with van der Waals surface area (Å²) < 4.78 is 0. The summed E-state index contributed by atoms with van der Waals surface area (Å²) in [4.78, 5) is 11.8. The van der Waals surface area contributed by atoms with E-state index >= 15 is 0 Å². The fraction of sp³-hybridized carbons (Fsp3) is 0.900. The molecule has 4 nitrogen and oxygen atoms in total. The smallest absolute Gasteiger partial charge is 0.227 e. The van der Waals surface area contributed by atoms with Crippen LogP contribution < -0.4 is 11.1 Å². The molecule has 4 N–H and O–H groups in total. The van der Waals surface area contributed by atoms with Gasteiger partial charge in [0, 0.05) is 11.6 Å². The zero-order valence-corrected chi connectivity index (χ0v) is 9.72. The second kappa shape index (κ2) is 4.28. The van der Waals surface area contributed by atoms with Gasteiger partial charge < -0.3 is 16.2 Å². The van der Waals surface area contributed by atoms with Crippen molar-refractivity contribution in [2.45, 2.75) is 46.2 Å². The molecule has 0 heterocycles. The van der Waals surface area contributed by atoms with Crippen molar-refractivity contribution in [3.05, 3.63) is 0 Å². The van der Waals surface area contributed by atoms with Crippen molar-refractivity contribution in [1.82, 2.24) is 5.32 Å². The highest BCUT2D eigenvalue weighted by atomic mass is 16.3. The third-order valence-electron chi connectivity index (χ3n) is 2.83. The molecule has 0 unspecified atom stereocenters. The lowest BCUT2D eigenvalue weighted by Gasteiger charge is -2.37. The number of nitrogens with two attached hydrogens (primary N) is 1. The lowest BCUT2D eigenvalue weighted by atomic mass is 9.74. The minimum absolute atomic E-state index is 0.0627. The Labute approximate surface area is 85.9 Å². The minimum atomic E-state index is -0.656. The van der Waals surface area contributed by atoms with E-state index in [-0.39, 0.29) is 18.6 Å². The van der Waals surface area contributed by atoms with Crippen molar-refractivity contribution in [3.8, 4) is 0 Å². The van der Waals surface area contributed by atoms with Crippen LogP contribution in [-0.4, -0.2) is 29.2 Å². The number of aliphatic hydroxyl groups excluding tert-OH is 1. The van der Waals surface area contributed by atoms with Crippen LogP contribution in [0.5, 0.6) is 0 Å². The largest absolute Gasteiger partial charge is 0.394 e. The van der Waals surface area contributed by atoms with Crippen LogP contribution in [-0.2, 0) is 4.79 Å². The van der Waals surface area contributed by atoms with Gasteiger partial charge in [0.2, 0.25) is 5.91 Å². The second-order valence-electron chi connectivity index (χ2n) is 4.90. The van der Waals surface area contributed by atoms with Gasteiger partial charge in [-0.1, -0.05) is 0 Å². The van der Waals surface area contributed by atoms with E-state index in [2.05, 4.69) is 5.32 Å². The van der Waals surface area contributed by atoms with Crippen molar-refractivity contribution in [2.75, 3.05) is 6.61 Å². The van der Waals surface area contributed by atoms with Crippen molar-refractivity contribution >= 4 is 5.91 Å². The van der Waals surface area contributed by atoms with Crippen molar-refractivity contribution in [2.24, 2.45) is 11.1 Å². The van der Waals surface area contributed by atoms with Crippen LogP contribution in [0.4, 0.5) is 0 Å². The summed E-state index contributed by atoms with van der Waals surface area (Å²) in [5.74, 6) is -0.133. The first kappa shape index (κ1) is 13.4. The van der Waals surface area contributed by atoms with Gasteiger partial charge in [0.05, 0.1) is 12.0 Å². The van der Waals surface area contributed by atoms with E-state index in [1.807, 2.05) is 13.8 Å². The summed E-state index contributed by atoms with van der Waals surface area (Å²) in [6.07, 6.45) is 0. The average molecular weight is 202 g/mol. The molecule has 84 valence electrons. The molecule has 1 atom stereocenters. The average Bonchev–Trinajstić information content (AvgIpc) is 2.01. The third kappa shape index (κ3) is 2.96. The maximum Gasteiger partial charge on any atom is 0.227 e. The van der Waals surface area contributed by atoms with Gasteiger partial charge in [0.1, 0.15) is 0 Å². The maximum absolute atomic E-state index is 11.8. The summed E-state index contributed by atoms with van der Waals surface area (Å²) in [6.45, 7) is 8.91. The summed E-state index contributed by atoms with van der Waals surface area (Å²) in [7, 11) is 0. The van der Waals surface area contributed by atoms with Crippen molar-refractivity contribution < 1.29 is 9.90 Å². The molecule has 0 aromatic heterocycles. The number of carbonyl (C=O) groups is 1. The number of aliphatic hydroxyl groups is 1. The lowest BCUT2D eigenvalue weighted by molar-refractivity contribution is -0.133. The minimum Gasteiger partial charge on any atom is -0.394 e. The fourth-order valence-electron chi connectivity index (χ4n) is 0.742. The quantitative estimate of drug-likeness (QED) is 0.611. The van der Waals surface area contributed by atoms with Crippen LogP contribution in [0.2, 0.25) is 0 Å². The van der Waals surface area contributed by atoms with Crippen LogP contribution in [0.15, 0.2) is 0 Å². The molecule has 4 heteroatoms. The number of rotatable bonds is 4. The predicted molar refractivity (Wildman–Crippen MR) is 56.7 cm³/mol. The predicted octanol–water partition coefficient (Wildman–Crippen LogP) is 0.247. The van der Waals surface area contributed by atoms with Gasteiger partial charge >= 0.3 is 0 Å². The first-order chi connectivity index (χ1) is 6.13. The first-order valence-corrected chi connectivity index (χ1v) is 4.83. The number of nitrogens with one attached hydrogen (secondary N) is 1. The molecular weight excluding hydrogens is 180 g/mol. The van der Waals surface area contributed by atoms with Gasteiger partial charge in [-0.25, -0.2) is 0 Å². The van der Waals surface area contributed by atoms with Gasteiger partial charge in [-0.05, 0) is 34.6 Å². The van der Waals surface area contributed by atoms with Gasteiger partial charge in [-0.3, -0.25) is 4.79 Å². The highest BCUT2D eigenvalue weighted by Crippen LogP contribution is 2.28. The molecule has 0 aliphatic carbocycles. The number of hydrogen-bond donors (Lipinski definition) is 3. The molecule has 0 aliphatic heterocycles. The molecule has 1 amide bonds. The molecule has 0 aromatic rings. The van der Waals surface area contributed by atoms with E-state index in [4.69, 9.17) is 10.8 Å². The molecule has 0 fully saturated rings. The highest BCUT2D eigenvalue weighted by molar-refractivity contribution is 5.83. The molecule has 0 aromatic carbocycles. The van der Waals surface area contributed by atoms with Crippen LogP contribution >= 0.6 is 0 Å². The van der Waals surface area contributed by atoms with Crippen LogP contribution in [0, 0.1) is 5.41 Å². The van der Waals surface area contributed by atoms with Crippen LogP contribution in [0.25, 0.3) is 0 Å². The van der Waals surface area contributed by atoms with Gasteiger partial charge in [-0.2, -0.15) is 0 Å². The maximum atomic E-state index is 11.8. The summed E-state index contributed by atoms with van der Waals surface area (Å²) in [5.41, 5.74) is 4.66. The van der Waals surface area contributed by atoms with E-state index in [0.717, 1.165) is 0 Å². The number of hydrogen-bond acceptors (Lipinski definition) is 3. The van der Waals surface area contributed by atoms with Crippen molar-refractivity contribution in [3.63, 3.8) is 0 Å². The van der Waals surface area contributed by atoms with Gasteiger partial charge in [0.15, 0.2) is 0 Å². The Morgan fingerprint density at radius 1 is 1.43 bits per heavy atom. The Kier molecular flexibility index (Phi) is 4.09. The fourth-order valence-corrected chi connectivity index (χ4v) is 0.742. The topological polar surface area (TPSA) is 75.3 Å². The van der Waals surface area contributed by atoms with E-state index in [1.165, 1.54) is 0 Å². The van der Waals surface area contributed by atoms with E-state index < -0.39 is 11.0 Å². The normalized spacial score (nSPS) is 15.1. The number of amides is 1. The molecule has 0 bridgehead atoms. The number of carbonyl (C=O) groups excluding carboxylic acids is 1. The monoisotopic (exact) mass is 202 g/mol. The molecule has 14 heavy (non-hydrogen) atoms. The van der Waals surface area contributed by atoms with E-state index in [1.54, 1.807) is 20.8 Å². The Bertz CT molecular complexity index is 207. The standard InChI is InChI=1S/C10H22N2O2/c1-7(6-13)12-8(14)9(2,3)10(4,5)11/h7,13H,6,11H2,1-5H3,(H,12,14)/t7-/m0/s1. The molecule has 0 saturated carbocycles. The van der Waals surface area contributed by atoms with Crippen LogP contribution in [0.1, 0.15) is 34.6 Å². The summed E-state index contributed by atoms with van der Waals surface area (Å²) in [5, 5.41) is 11.5. The van der Waals surface area contributed by atoms with Crippen molar-refractivity contribution in [1.29, 1.82) is 0 Å². The first-order valence-electron chi connectivity index (χ1n) is 4.83. The SMILES string of the molecule is C[C@@H](CO)NC(=O)C(C)(C)C(C)(C)N. The second-order valence-corrected chi connectivity index (χ2v) is 4.90. The molecule has 0 aliphatic rings. The van der Waals surface area contributed by atoms with Crippen LogP contribution in [0.3, 0.4) is 0 Å². The Hall–Kier alpha value is -0.610. The lowest BCUT2D eigenvalue weighted by Crippen LogP contribution is -2.57. The third-order valence-corrected chi connectivity index (χ3v) is 2.83. The van der Waals surface area contributed by atoms with E-state index in [9.17, 15) is 4.79 Å². The highest BCUT2D eigenvalue weighted by Gasteiger charge is 2.40. The van der Waals surface area contributed by atoms with Gasteiger partial charge in [0.25, 0.3) is 0 Å². The Morgan fingerprint density at radius 2 is 1.86 bits per heavy atom.